The Morgan fingerprint density at radius 3 is 2.91 bits per heavy atom. The van der Waals surface area contributed by atoms with Gasteiger partial charge in [0, 0.05) is 32.5 Å². The van der Waals surface area contributed by atoms with Crippen molar-refractivity contribution in [3.8, 4) is 23.3 Å². The largest absolute Gasteiger partial charge is 0.457 e. The van der Waals surface area contributed by atoms with Gasteiger partial charge in [0.25, 0.3) is 0 Å². The van der Waals surface area contributed by atoms with Crippen molar-refractivity contribution in [3.63, 3.8) is 0 Å². The van der Waals surface area contributed by atoms with E-state index in [0.29, 0.717) is 18.1 Å². The lowest BCUT2D eigenvalue weighted by atomic mass is 10.3. The molecule has 0 spiro atoms. The summed E-state index contributed by atoms with van der Waals surface area (Å²) < 4.78 is 11.9. The summed E-state index contributed by atoms with van der Waals surface area (Å²) in [5, 5.41) is 3.94. The van der Waals surface area contributed by atoms with Crippen LogP contribution in [0.4, 0.5) is 5.13 Å². The van der Waals surface area contributed by atoms with Crippen molar-refractivity contribution in [1.29, 1.82) is 0 Å². The van der Waals surface area contributed by atoms with Crippen LogP contribution in [0.3, 0.4) is 0 Å². The van der Waals surface area contributed by atoms with E-state index < -0.39 is 0 Å². The molecule has 0 fully saturated rings. The molecule has 116 valence electrons. The summed E-state index contributed by atoms with van der Waals surface area (Å²) in [4.78, 5) is 8.64. The molecule has 3 aromatic rings. The fourth-order valence-electron chi connectivity index (χ4n) is 1.95. The first kappa shape index (κ1) is 15.3. The molecule has 2 aromatic heterocycles. The summed E-state index contributed by atoms with van der Waals surface area (Å²) in [6.07, 6.45) is 1.68. The Morgan fingerprint density at radius 1 is 1.22 bits per heavy atom. The highest BCUT2D eigenvalue weighted by Crippen LogP contribution is 2.31. The van der Waals surface area contributed by atoms with E-state index in [0.717, 1.165) is 21.1 Å². The molecular weight excluding hydrogens is 310 g/mol. The highest BCUT2D eigenvalue weighted by atomic mass is 32.1. The number of methoxy groups -OCH3 is 1. The van der Waals surface area contributed by atoms with Gasteiger partial charge in [-0.15, -0.1) is 0 Å². The summed E-state index contributed by atoms with van der Waals surface area (Å²) in [5.41, 5.74) is 1.60. The van der Waals surface area contributed by atoms with Gasteiger partial charge in [-0.2, -0.15) is 0 Å². The second kappa shape index (κ2) is 7.09. The quantitative estimate of drug-likeness (QED) is 0.744. The number of fused-ring (bicyclic) bond motifs is 1. The first-order valence-corrected chi connectivity index (χ1v) is 7.80. The fraction of sp³-hybridized carbons (Fsp3) is 0.176. The molecule has 0 saturated carbocycles. The van der Waals surface area contributed by atoms with E-state index in [4.69, 9.17) is 9.47 Å². The third-order valence-electron chi connectivity index (χ3n) is 2.97. The molecule has 5 nitrogen and oxygen atoms in total. The Bertz CT molecular complexity index is 880. The number of hydrogen-bond donors (Lipinski definition) is 1. The second-order valence-corrected chi connectivity index (χ2v) is 5.64. The van der Waals surface area contributed by atoms with Crippen LogP contribution in [0.5, 0.6) is 11.5 Å². The summed E-state index contributed by atoms with van der Waals surface area (Å²) in [6, 6.07) is 9.43. The van der Waals surface area contributed by atoms with E-state index in [1.807, 2.05) is 25.2 Å². The van der Waals surface area contributed by atoms with Gasteiger partial charge < -0.3 is 14.8 Å². The topological polar surface area (TPSA) is 56.3 Å². The summed E-state index contributed by atoms with van der Waals surface area (Å²) in [5.74, 6) is 7.25. The van der Waals surface area contributed by atoms with Crippen LogP contribution in [0.1, 0.15) is 5.69 Å². The van der Waals surface area contributed by atoms with Gasteiger partial charge in [0.05, 0.1) is 10.2 Å². The number of nitrogens with zero attached hydrogens (tertiary/aromatic N) is 2. The van der Waals surface area contributed by atoms with Crippen molar-refractivity contribution in [2.45, 2.75) is 0 Å². The Kier molecular flexibility index (Phi) is 4.71. The van der Waals surface area contributed by atoms with E-state index in [2.05, 4.69) is 27.1 Å². The van der Waals surface area contributed by atoms with Crippen LogP contribution in [0.25, 0.3) is 10.2 Å². The highest BCUT2D eigenvalue weighted by Gasteiger charge is 2.05. The van der Waals surface area contributed by atoms with Gasteiger partial charge >= 0.3 is 0 Å². The van der Waals surface area contributed by atoms with Gasteiger partial charge in [-0.25, -0.2) is 9.97 Å². The SMILES string of the molecule is CNc1nc2ccc(Oc3ccnc(C#CCOC)c3)cc2s1. The van der Waals surface area contributed by atoms with E-state index in [1.165, 1.54) is 0 Å². The highest BCUT2D eigenvalue weighted by molar-refractivity contribution is 7.22. The number of benzene rings is 1. The number of hydrogen-bond acceptors (Lipinski definition) is 6. The van der Waals surface area contributed by atoms with Gasteiger partial charge in [-0.1, -0.05) is 17.3 Å². The van der Waals surface area contributed by atoms with Crippen molar-refractivity contribution < 1.29 is 9.47 Å². The number of pyridine rings is 1. The van der Waals surface area contributed by atoms with Crippen LogP contribution in [0.15, 0.2) is 36.5 Å². The number of ether oxygens (including phenoxy) is 2. The molecule has 0 radical (unpaired) electrons. The minimum Gasteiger partial charge on any atom is -0.457 e. The summed E-state index contributed by atoms with van der Waals surface area (Å²) in [6.45, 7) is 0.378. The third kappa shape index (κ3) is 3.77. The molecule has 23 heavy (non-hydrogen) atoms. The van der Waals surface area contributed by atoms with Crippen LogP contribution < -0.4 is 10.1 Å². The molecule has 0 bridgehead atoms. The molecular formula is C17H15N3O2S. The maximum absolute atomic E-state index is 5.90. The maximum Gasteiger partial charge on any atom is 0.183 e. The van der Waals surface area contributed by atoms with Crippen molar-refractivity contribution in [2.75, 3.05) is 26.1 Å². The summed E-state index contributed by atoms with van der Waals surface area (Å²) >= 11 is 1.59. The van der Waals surface area contributed by atoms with Gasteiger partial charge in [0.15, 0.2) is 5.13 Å². The van der Waals surface area contributed by atoms with Crippen LogP contribution in [-0.4, -0.2) is 30.7 Å². The van der Waals surface area contributed by atoms with Crippen LogP contribution in [0.2, 0.25) is 0 Å². The predicted molar refractivity (Wildman–Crippen MR) is 92.2 cm³/mol. The lowest BCUT2D eigenvalue weighted by Crippen LogP contribution is -1.88. The molecule has 0 amide bonds. The second-order valence-electron chi connectivity index (χ2n) is 4.61. The molecule has 0 aliphatic rings. The molecule has 0 unspecified atom stereocenters. The van der Waals surface area contributed by atoms with Crippen LogP contribution >= 0.6 is 11.3 Å². The zero-order valence-electron chi connectivity index (χ0n) is 12.8. The normalized spacial score (nSPS) is 10.2. The number of nitrogens with one attached hydrogen (secondary N) is 1. The van der Waals surface area contributed by atoms with E-state index >= 15 is 0 Å². The Morgan fingerprint density at radius 2 is 2.09 bits per heavy atom. The minimum atomic E-state index is 0.378. The molecule has 1 aromatic carbocycles. The number of aromatic nitrogens is 2. The molecule has 3 rings (SSSR count). The maximum atomic E-state index is 5.90. The van der Waals surface area contributed by atoms with Crippen molar-refractivity contribution in [2.24, 2.45) is 0 Å². The summed E-state index contributed by atoms with van der Waals surface area (Å²) in [7, 11) is 3.47. The average molecular weight is 325 g/mol. The number of anilines is 1. The zero-order chi connectivity index (χ0) is 16.1. The molecule has 6 heteroatoms. The lowest BCUT2D eigenvalue weighted by molar-refractivity contribution is 0.240. The number of rotatable bonds is 4. The minimum absolute atomic E-state index is 0.378. The van der Waals surface area contributed by atoms with Crippen molar-refractivity contribution >= 4 is 26.7 Å². The molecule has 0 aliphatic carbocycles. The average Bonchev–Trinajstić information content (AvgIpc) is 2.98. The predicted octanol–water partition coefficient (Wildman–Crippen LogP) is 3.52. The Hall–Kier alpha value is -2.62. The van der Waals surface area contributed by atoms with Crippen molar-refractivity contribution in [3.05, 3.63) is 42.2 Å². The van der Waals surface area contributed by atoms with E-state index in [1.54, 1.807) is 36.8 Å². The van der Waals surface area contributed by atoms with Gasteiger partial charge in [-0.05, 0) is 24.1 Å². The molecule has 2 heterocycles. The smallest absolute Gasteiger partial charge is 0.183 e. The number of thiazole rings is 1. The zero-order valence-corrected chi connectivity index (χ0v) is 13.6. The third-order valence-corrected chi connectivity index (χ3v) is 4.01. The van der Waals surface area contributed by atoms with E-state index in [-0.39, 0.29) is 0 Å². The molecule has 0 atom stereocenters. The monoisotopic (exact) mass is 325 g/mol. The fourth-order valence-corrected chi connectivity index (χ4v) is 2.80. The standard InChI is InChI=1S/C17H15N3O2S/c1-18-17-20-15-6-5-13(11-16(15)23-17)22-14-7-8-19-12(10-14)4-3-9-21-2/h5-8,10-11H,9H2,1-2H3,(H,18,20). The van der Waals surface area contributed by atoms with Gasteiger partial charge in [0.1, 0.15) is 23.8 Å². The van der Waals surface area contributed by atoms with Crippen LogP contribution in [0, 0.1) is 11.8 Å². The Labute approximate surface area is 138 Å². The molecule has 0 aliphatic heterocycles. The van der Waals surface area contributed by atoms with Gasteiger partial charge in [0.2, 0.25) is 0 Å². The molecule has 0 saturated heterocycles. The van der Waals surface area contributed by atoms with Crippen molar-refractivity contribution in [1.82, 2.24) is 9.97 Å². The van der Waals surface area contributed by atoms with E-state index in [9.17, 15) is 0 Å². The van der Waals surface area contributed by atoms with Crippen LogP contribution in [-0.2, 0) is 4.74 Å². The Balaban J connectivity index is 1.81. The first-order valence-electron chi connectivity index (χ1n) is 6.98. The van der Waals surface area contributed by atoms with Gasteiger partial charge in [-0.3, -0.25) is 0 Å². The lowest BCUT2D eigenvalue weighted by Gasteiger charge is -2.05. The molecule has 1 N–H and O–H groups in total. The first-order chi connectivity index (χ1) is 11.3.